The first-order valence-corrected chi connectivity index (χ1v) is 9.93. The summed E-state index contributed by atoms with van der Waals surface area (Å²) in [7, 11) is 0. The SMILES string of the molecule is CCOc1cc(/C=C(\Cl)c2nnc(-c3cc(C)oc3C)o2)ccc1OCC(C)C. The lowest BCUT2D eigenvalue weighted by Gasteiger charge is -2.14. The minimum absolute atomic E-state index is 0.234. The summed E-state index contributed by atoms with van der Waals surface area (Å²) in [5.74, 6) is 3.90. The third kappa shape index (κ3) is 5.21. The molecule has 0 amide bonds. The zero-order chi connectivity index (χ0) is 21.0. The van der Waals surface area contributed by atoms with E-state index in [2.05, 4.69) is 24.0 Å². The fourth-order valence-corrected chi connectivity index (χ4v) is 2.94. The van der Waals surface area contributed by atoms with Crippen molar-refractivity contribution in [3.8, 4) is 23.0 Å². The third-order valence-electron chi connectivity index (χ3n) is 4.03. The van der Waals surface area contributed by atoms with Crippen LogP contribution in [0.5, 0.6) is 11.5 Å². The second-order valence-corrected chi connectivity index (χ2v) is 7.48. The Bertz CT molecular complexity index is 1000. The van der Waals surface area contributed by atoms with Crippen molar-refractivity contribution in [2.24, 2.45) is 5.92 Å². The summed E-state index contributed by atoms with van der Waals surface area (Å²) < 4.78 is 22.8. The van der Waals surface area contributed by atoms with Crippen molar-refractivity contribution in [1.29, 1.82) is 0 Å². The van der Waals surface area contributed by atoms with Crippen LogP contribution in [0.2, 0.25) is 0 Å². The van der Waals surface area contributed by atoms with E-state index in [1.54, 1.807) is 6.08 Å². The van der Waals surface area contributed by atoms with Gasteiger partial charge in [-0.1, -0.05) is 31.5 Å². The molecule has 29 heavy (non-hydrogen) atoms. The number of benzene rings is 1. The Hall–Kier alpha value is -2.73. The van der Waals surface area contributed by atoms with E-state index in [0.29, 0.717) is 41.6 Å². The number of ether oxygens (including phenoxy) is 2. The van der Waals surface area contributed by atoms with Gasteiger partial charge < -0.3 is 18.3 Å². The molecule has 0 spiro atoms. The van der Waals surface area contributed by atoms with Crippen LogP contribution < -0.4 is 9.47 Å². The van der Waals surface area contributed by atoms with E-state index in [-0.39, 0.29) is 5.89 Å². The van der Waals surface area contributed by atoms with Crippen molar-refractivity contribution in [3.05, 3.63) is 47.2 Å². The van der Waals surface area contributed by atoms with E-state index in [9.17, 15) is 0 Å². The molecular weight excluding hydrogens is 392 g/mol. The van der Waals surface area contributed by atoms with E-state index >= 15 is 0 Å². The number of aromatic nitrogens is 2. The first-order chi connectivity index (χ1) is 13.9. The van der Waals surface area contributed by atoms with Gasteiger partial charge in [0.15, 0.2) is 11.5 Å². The molecule has 0 aliphatic rings. The number of halogens is 1. The van der Waals surface area contributed by atoms with Gasteiger partial charge in [0, 0.05) is 0 Å². The minimum Gasteiger partial charge on any atom is -0.490 e. The van der Waals surface area contributed by atoms with Crippen molar-refractivity contribution >= 4 is 22.7 Å². The lowest BCUT2D eigenvalue weighted by molar-refractivity contribution is 0.248. The molecule has 0 aliphatic carbocycles. The molecule has 154 valence electrons. The highest BCUT2D eigenvalue weighted by atomic mass is 35.5. The van der Waals surface area contributed by atoms with Crippen LogP contribution >= 0.6 is 11.6 Å². The number of rotatable bonds is 8. The molecule has 0 radical (unpaired) electrons. The van der Waals surface area contributed by atoms with Gasteiger partial charge in [-0.3, -0.25) is 0 Å². The molecule has 6 nitrogen and oxygen atoms in total. The summed E-state index contributed by atoms with van der Waals surface area (Å²) in [6.07, 6.45) is 1.75. The first kappa shape index (κ1) is 21.0. The Morgan fingerprint density at radius 2 is 1.90 bits per heavy atom. The summed E-state index contributed by atoms with van der Waals surface area (Å²) in [4.78, 5) is 0. The van der Waals surface area contributed by atoms with E-state index in [0.717, 1.165) is 22.6 Å². The average molecular weight is 417 g/mol. The van der Waals surface area contributed by atoms with E-state index in [1.807, 2.05) is 45.0 Å². The van der Waals surface area contributed by atoms with E-state index in [4.69, 9.17) is 29.9 Å². The molecular formula is C22H25ClN2O4. The second-order valence-electron chi connectivity index (χ2n) is 7.08. The molecule has 0 bridgehead atoms. The van der Waals surface area contributed by atoms with E-state index < -0.39 is 0 Å². The fraction of sp³-hybridized carbons (Fsp3) is 0.364. The van der Waals surface area contributed by atoms with Crippen LogP contribution in [-0.4, -0.2) is 23.4 Å². The molecule has 0 N–H and O–H groups in total. The monoisotopic (exact) mass is 416 g/mol. The van der Waals surface area contributed by atoms with Gasteiger partial charge in [0.25, 0.3) is 11.8 Å². The van der Waals surface area contributed by atoms with Gasteiger partial charge in [-0.25, -0.2) is 0 Å². The Labute approximate surface area is 175 Å². The lowest BCUT2D eigenvalue weighted by atomic mass is 10.2. The van der Waals surface area contributed by atoms with Crippen LogP contribution in [0.3, 0.4) is 0 Å². The molecule has 0 atom stereocenters. The second kappa shape index (κ2) is 9.18. The lowest BCUT2D eigenvalue weighted by Crippen LogP contribution is -2.06. The van der Waals surface area contributed by atoms with Crippen molar-refractivity contribution < 1.29 is 18.3 Å². The highest BCUT2D eigenvalue weighted by Gasteiger charge is 2.16. The Morgan fingerprint density at radius 1 is 1.10 bits per heavy atom. The normalized spacial score (nSPS) is 11.9. The Kier molecular flexibility index (Phi) is 6.64. The molecule has 0 aliphatic heterocycles. The van der Waals surface area contributed by atoms with Crippen molar-refractivity contribution in [3.63, 3.8) is 0 Å². The quantitative estimate of drug-likeness (QED) is 0.440. The Morgan fingerprint density at radius 3 is 2.55 bits per heavy atom. The topological polar surface area (TPSA) is 70.5 Å². The smallest absolute Gasteiger partial charge is 0.259 e. The van der Waals surface area contributed by atoms with Gasteiger partial charge in [0.2, 0.25) is 0 Å². The number of nitrogens with zero attached hydrogens (tertiary/aromatic N) is 2. The summed E-state index contributed by atoms with van der Waals surface area (Å²) >= 11 is 6.43. The standard InChI is InChI=1S/C22H25ClN2O4/c1-6-26-20-11-16(7-8-19(20)27-12-13(2)3)10-18(23)22-25-24-21(29-22)17-9-14(4)28-15(17)5/h7-11,13H,6,12H2,1-5H3/b18-10-. The maximum atomic E-state index is 6.43. The molecule has 0 saturated carbocycles. The largest absolute Gasteiger partial charge is 0.490 e. The maximum Gasteiger partial charge on any atom is 0.259 e. The van der Waals surface area contributed by atoms with Crippen molar-refractivity contribution in [2.45, 2.75) is 34.6 Å². The van der Waals surface area contributed by atoms with Crippen molar-refractivity contribution in [1.82, 2.24) is 10.2 Å². The van der Waals surface area contributed by atoms with Crippen LogP contribution in [-0.2, 0) is 0 Å². The molecule has 7 heteroatoms. The third-order valence-corrected chi connectivity index (χ3v) is 4.30. The molecule has 2 aromatic heterocycles. The molecule has 0 unspecified atom stereocenters. The van der Waals surface area contributed by atoms with Crippen molar-refractivity contribution in [2.75, 3.05) is 13.2 Å². The predicted molar refractivity (Wildman–Crippen MR) is 113 cm³/mol. The van der Waals surface area contributed by atoms with Gasteiger partial charge >= 0.3 is 0 Å². The van der Waals surface area contributed by atoms with Crippen LogP contribution in [0.25, 0.3) is 22.6 Å². The number of furan rings is 1. The average Bonchev–Trinajstić information content (AvgIpc) is 3.27. The zero-order valence-corrected chi connectivity index (χ0v) is 18.0. The molecule has 1 aromatic carbocycles. The molecule has 0 fully saturated rings. The molecule has 0 saturated heterocycles. The van der Waals surface area contributed by atoms with Gasteiger partial charge in [-0.2, -0.15) is 0 Å². The summed E-state index contributed by atoms with van der Waals surface area (Å²) in [5, 5.41) is 8.46. The molecule has 2 heterocycles. The van der Waals surface area contributed by atoms with Gasteiger partial charge in [-0.15, -0.1) is 10.2 Å². The van der Waals surface area contributed by atoms with Crippen LogP contribution in [0.15, 0.2) is 33.1 Å². The van der Waals surface area contributed by atoms with Crippen LogP contribution in [0.1, 0.15) is 43.7 Å². The first-order valence-electron chi connectivity index (χ1n) is 9.55. The predicted octanol–water partition coefficient (Wildman–Crippen LogP) is 6.12. The zero-order valence-electron chi connectivity index (χ0n) is 17.3. The maximum absolute atomic E-state index is 6.43. The number of aryl methyl sites for hydroxylation is 2. The highest BCUT2D eigenvalue weighted by Crippen LogP contribution is 2.32. The van der Waals surface area contributed by atoms with Crippen LogP contribution in [0.4, 0.5) is 0 Å². The summed E-state index contributed by atoms with van der Waals surface area (Å²) in [5.41, 5.74) is 1.60. The minimum atomic E-state index is 0.234. The van der Waals surface area contributed by atoms with Gasteiger partial charge in [0.1, 0.15) is 16.6 Å². The van der Waals surface area contributed by atoms with Gasteiger partial charge in [0.05, 0.1) is 18.8 Å². The molecule has 3 rings (SSSR count). The Balaban J connectivity index is 1.84. The van der Waals surface area contributed by atoms with Crippen LogP contribution in [0, 0.1) is 19.8 Å². The van der Waals surface area contributed by atoms with E-state index in [1.165, 1.54) is 0 Å². The fourth-order valence-electron chi connectivity index (χ4n) is 2.74. The summed E-state index contributed by atoms with van der Waals surface area (Å²) in [6.45, 7) is 11.0. The summed E-state index contributed by atoms with van der Waals surface area (Å²) in [6, 6.07) is 7.51. The highest BCUT2D eigenvalue weighted by molar-refractivity contribution is 6.50. The van der Waals surface area contributed by atoms with Gasteiger partial charge in [-0.05, 0) is 56.5 Å². The number of hydrogen-bond donors (Lipinski definition) is 0. The number of hydrogen-bond acceptors (Lipinski definition) is 6. The molecule has 3 aromatic rings.